The lowest BCUT2D eigenvalue weighted by Crippen LogP contribution is -2.26. The van der Waals surface area contributed by atoms with E-state index in [9.17, 15) is 4.79 Å². The van der Waals surface area contributed by atoms with Crippen molar-refractivity contribution in [1.29, 1.82) is 0 Å². The fraction of sp³-hybridized carbons (Fsp3) is 0.118. The van der Waals surface area contributed by atoms with Crippen LogP contribution in [0.2, 0.25) is 0 Å². The Bertz CT molecular complexity index is 867. The molecule has 0 aliphatic rings. The van der Waals surface area contributed by atoms with Crippen molar-refractivity contribution in [2.24, 2.45) is 0 Å². The highest BCUT2D eigenvalue weighted by Crippen LogP contribution is 2.30. The van der Waals surface area contributed by atoms with Crippen molar-refractivity contribution in [3.8, 4) is 10.6 Å². The monoisotopic (exact) mass is 418 g/mol. The number of nitrogens with zero attached hydrogens (tertiary/aromatic N) is 2. The Kier molecular flexibility index (Phi) is 5.75. The molecule has 0 radical (unpaired) electrons. The number of anilines is 2. The summed E-state index contributed by atoms with van der Waals surface area (Å²) in [6, 6.07) is 12.8. The second kappa shape index (κ2) is 8.19. The number of hydrogen-bond acceptors (Lipinski definition) is 6. The first-order valence-electron chi connectivity index (χ1n) is 7.50. The molecule has 6 nitrogen and oxygen atoms in total. The summed E-state index contributed by atoms with van der Waals surface area (Å²) in [6.45, 7) is 0.151. The van der Waals surface area contributed by atoms with E-state index in [-0.39, 0.29) is 19.1 Å². The van der Waals surface area contributed by atoms with Crippen LogP contribution in [0.1, 0.15) is 10.4 Å². The van der Waals surface area contributed by atoms with Gasteiger partial charge in [0, 0.05) is 24.0 Å². The van der Waals surface area contributed by atoms with Gasteiger partial charge in [-0.05, 0) is 58.4 Å². The number of hydrogen-bond donors (Lipinski definition) is 3. The summed E-state index contributed by atoms with van der Waals surface area (Å²) in [5.74, 6) is 0.265. The highest BCUT2D eigenvalue weighted by molar-refractivity contribution is 9.11. The molecule has 128 valence electrons. The summed E-state index contributed by atoms with van der Waals surface area (Å²) in [5, 5.41) is 14.5. The molecule has 0 aliphatic carbocycles. The normalized spacial score (nSPS) is 10.5. The van der Waals surface area contributed by atoms with Crippen molar-refractivity contribution in [1.82, 2.24) is 15.3 Å². The topological polar surface area (TPSA) is 87.1 Å². The predicted molar refractivity (Wildman–Crippen MR) is 102 cm³/mol. The van der Waals surface area contributed by atoms with E-state index in [4.69, 9.17) is 5.11 Å². The molecule has 1 aromatic carbocycles. The van der Waals surface area contributed by atoms with Crippen LogP contribution < -0.4 is 10.6 Å². The quantitative estimate of drug-likeness (QED) is 0.570. The SMILES string of the molecule is O=C(NCCO)c1ccc(Nc2nccc(-c3ccc(Br)s3)n2)cc1. The molecule has 2 aromatic heterocycles. The van der Waals surface area contributed by atoms with E-state index in [1.54, 1.807) is 41.8 Å². The van der Waals surface area contributed by atoms with Crippen LogP contribution in [0.25, 0.3) is 10.6 Å². The number of aromatic nitrogens is 2. The highest BCUT2D eigenvalue weighted by Gasteiger charge is 2.07. The van der Waals surface area contributed by atoms with Crippen LogP contribution in [0.4, 0.5) is 11.6 Å². The maximum Gasteiger partial charge on any atom is 0.251 e. The molecule has 0 spiro atoms. The van der Waals surface area contributed by atoms with E-state index >= 15 is 0 Å². The van der Waals surface area contributed by atoms with Crippen LogP contribution in [-0.2, 0) is 0 Å². The van der Waals surface area contributed by atoms with Crippen LogP contribution in [-0.4, -0.2) is 34.1 Å². The lowest BCUT2D eigenvalue weighted by molar-refractivity contribution is 0.0945. The minimum absolute atomic E-state index is 0.0835. The smallest absolute Gasteiger partial charge is 0.251 e. The Labute approximate surface area is 157 Å². The molecular formula is C17H15BrN4O2S. The van der Waals surface area contributed by atoms with Crippen LogP contribution in [0.3, 0.4) is 0 Å². The van der Waals surface area contributed by atoms with Crippen LogP contribution in [0, 0.1) is 0 Å². The zero-order chi connectivity index (χ0) is 17.6. The number of rotatable bonds is 6. The van der Waals surface area contributed by atoms with Gasteiger partial charge in [-0.1, -0.05) is 0 Å². The number of aliphatic hydroxyl groups is 1. The molecule has 0 saturated carbocycles. The van der Waals surface area contributed by atoms with E-state index in [1.807, 2.05) is 18.2 Å². The molecule has 0 unspecified atom stereocenters. The van der Waals surface area contributed by atoms with Gasteiger partial charge in [-0.25, -0.2) is 9.97 Å². The lowest BCUT2D eigenvalue weighted by Gasteiger charge is -2.07. The standard InChI is InChI=1S/C17H15BrN4O2S/c18-15-6-5-14(25-15)13-7-8-20-17(22-13)21-12-3-1-11(2-4-12)16(24)19-9-10-23/h1-8,23H,9-10H2,(H,19,24)(H,20,21,22). The number of thiophene rings is 1. The molecule has 0 saturated heterocycles. The largest absolute Gasteiger partial charge is 0.395 e. The van der Waals surface area contributed by atoms with Gasteiger partial charge in [0.15, 0.2) is 0 Å². The first kappa shape index (κ1) is 17.5. The molecule has 0 bridgehead atoms. The fourth-order valence-corrected chi connectivity index (χ4v) is 3.47. The summed E-state index contributed by atoms with van der Waals surface area (Å²) < 4.78 is 1.05. The summed E-state index contributed by atoms with van der Waals surface area (Å²) in [4.78, 5) is 21.6. The first-order valence-corrected chi connectivity index (χ1v) is 9.11. The van der Waals surface area contributed by atoms with Gasteiger partial charge in [0.05, 0.1) is 21.0 Å². The minimum atomic E-state index is -0.220. The number of amides is 1. The first-order chi connectivity index (χ1) is 12.2. The number of carbonyl (C=O) groups excluding carboxylic acids is 1. The van der Waals surface area contributed by atoms with Crippen LogP contribution in [0.5, 0.6) is 0 Å². The third-order valence-electron chi connectivity index (χ3n) is 3.28. The minimum Gasteiger partial charge on any atom is -0.395 e. The van der Waals surface area contributed by atoms with Crippen molar-refractivity contribution in [3.63, 3.8) is 0 Å². The second-order valence-corrected chi connectivity index (χ2v) is 7.51. The average molecular weight is 419 g/mol. The van der Waals surface area contributed by atoms with Gasteiger partial charge < -0.3 is 15.7 Å². The number of benzene rings is 1. The van der Waals surface area contributed by atoms with Crippen molar-refractivity contribution in [2.45, 2.75) is 0 Å². The number of aliphatic hydroxyl groups excluding tert-OH is 1. The molecule has 0 fully saturated rings. The lowest BCUT2D eigenvalue weighted by atomic mass is 10.2. The van der Waals surface area contributed by atoms with Gasteiger partial charge in [0.2, 0.25) is 5.95 Å². The Morgan fingerprint density at radius 2 is 1.96 bits per heavy atom. The van der Waals surface area contributed by atoms with Gasteiger partial charge in [0.25, 0.3) is 5.91 Å². The number of halogens is 1. The molecule has 25 heavy (non-hydrogen) atoms. The molecule has 0 atom stereocenters. The summed E-state index contributed by atoms with van der Waals surface area (Å²) >= 11 is 5.05. The van der Waals surface area contributed by atoms with Gasteiger partial charge >= 0.3 is 0 Å². The second-order valence-electron chi connectivity index (χ2n) is 5.05. The fourth-order valence-electron chi connectivity index (χ4n) is 2.11. The molecule has 3 rings (SSSR count). The molecular weight excluding hydrogens is 404 g/mol. The molecule has 2 heterocycles. The highest BCUT2D eigenvalue weighted by atomic mass is 79.9. The number of nitrogens with one attached hydrogen (secondary N) is 2. The summed E-state index contributed by atoms with van der Waals surface area (Å²) in [7, 11) is 0. The van der Waals surface area contributed by atoms with E-state index in [2.05, 4.69) is 36.5 Å². The Hall–Kier alpha value is -2.29. The van der Waals surface area contributed by atoms with E-state index in [0.29, 0.717) is 11.5 Å². The van der Waals surface area contributed by atoms with Gasteiger partial charge in [0.1, 0.15) is 0 Å². The van der Waals surface area contributed by atoms with Crippen molar-refractivity contribution < 1.29 is 9.90 Å². The van der Waals surface area contributed by atoms with Crippen molar-refractivity contribution >= 4 is 44.8 Å². The van der Waals surface area contributed by atoms with Crippen LogP contribution >= 0.6 is 27.3 Å². The maximum absolute atomic E-state index is 11.8. The molecule has 0 aliphatic heterocycles. The van der Waals surface area contributed by atoms with Gasteiger partial charge in [-0.3, -0.25) is 4.79 Å². The summed E-state index contributed by atoms with van der Waals surface area (Å²) in [5.41, 5.74) is 2.15. The molecule has 3 aromatic rings. The zero-order valence-corrected chi connectivity index (χ0v) is 15.5. The Morgan fingerprint density at radius 1 is 1.16 bits per heavy atom. The average Bonchev–Trinajstić information content (AvgIpc) is 3.07. The third kappa shape index (κ3) is 4.62. The third-order valence-corrected chi connectivity index (χ3v) is 4.93. The zero-order valence-electron chi connectivity index (χ0n) is 13.1. The molecule has 8 heteroatoms. The number of carbonyl (C=O) groups is 1. The molecule has 3 N–H and O–H groups in total. The molecule has 1 amide bonds. The summed E-state index contributed by atoms with van der Waals surface area (Å²) in [6.07, 6.45) is 1.70. The predicted octanol–water partition coefficient (Wildman–Crippen LogP) is 3.43. The van der Waals surface area contributed by atoms with E-state index in [1.165, 1.54) is 0 Å². The maximum atomic E-state index is 11.8. The Morgan fingerprint density at radius 3 is 2.64 bits per heavy atom. The van der Waals surface area contributed by atoms with Crippen molar-refractivity contribution in [2.75, 3.05) is 18.5 Å². The van der Waals surface area contributed by atoms with E-state index < -0.39 is 0 Å². The van der Waals surface area contributed by atoms with Crippen LogP contribution in [0.15, 0.2) is 52.4 Å². The van der Waals surface area contributed by atoms with Gasteiger partial charge in [-0.15, -0.1) is 11.3 Å². The van der Waals surface area contributed by atoms with E-state index in [0.717, 1.165) is 20.0 Å². The Balaban J connectivity index is 1.71. The van der Waals surface area contributed by atoms with Crippen molar-refractivity contribution in [3.05, 3.63) is 58.0 Å². The van der Waals surface area contributed by atoms with Gasteiger partial charge in [-0.2, -0.15) is 0 Å².